The van der Waals surface area contributed by atoms with Crippen LogP contribution < -0.4 is 5.32 Å². The monoisotopic (exact) mass is 285 g/mol. The highest BCUT2D eigenvalue weighted by atomic mass is 35.5. The lowest BCUT2D eigenvalue weighted by Crippen LogP contribution is -2.29. The summed E-state index contributed by atoms with van der Waals surface area (Å²) in [6.45, 7) is 2.05. The van der Waals surface area contributed by atoms with Crippen molar-refractivity contribution in [3.05, 3.63) is 33.8 Å². The van der Waals surface area contributed by atoms with E-state index in [4.69, 9.17) is 23.2 Å². The molecule has 0 radical (unpaired) electrons. The van der Waals surface area contributed by atoms with E-state index >= 15 is 0 Å². The number of benzene rings is 1. The van der Waals surface area contributed by atoms with Crippen LogP contribution in [0.25, 0.3) is 0 Å². The van der Waals surface area contributed by atoms with Gasteiger partial charge in [-0.2, -0.15) is 0 Å². The van der Waals surface area contributed by atoms with E-state index in [0.717, 1.165) is 31.5 Å². The largest absolute Gasteiger partial charge is 0.317 e. The van der Waals surface area contributed by atoms with Crippen molar-refractivity contribution in [2.75, 3.05) is 13.1 Å². The second kappa shape index (κ2) is 6.55. The zero-order chi connectivity index (χ0) is 13.0. The molecule has 2 nitrogen and oxygen atoms in total. The van der Waals surface area contributed by atoms with Crippen molar-refractivity contribution in [3.8, 4) is 0 Å². The minimum absolute atomic E-state index is 0.270. The van der Waals surface area contributed by atoms with Gasteiger partial charge in [0.1, 0.15) is 5.78 Å². The van der Waals surface area contributed by atoms with E-state index in [1.807, 2.05) is 6.07 Å². The molecule has 1 aromatic rings. The molecule has 1 aliphatic rings. The summed E-state index contributed by atoms with van der Waals surface area (Å²) in [6.07, 6.45) is 3.28. The summed E-state index contributed by atoms with van der Waals surface area (Å²) in [5, 5.41) is 4.50. The van der Waals surface area contributed by atoms with Crippen molar-refractivity contribution in [2.45, 2.75) is 25.7 Å². The molecule has 0 saturated carbocycles. The quantitative estimate of drug-likeness (QED) is 0.918. The highest BCUT2D eigenvalue weighted by Gasteiger charge is 2.17. The molecular weight excluding hydrogens is 269 g/mol. The van der Waals surface area contributed by atoms with Crippen LogP contribution in [0.3, 0.4) is 0 Å². The maximum atomic E-state index is 12.0. The van der Waals surface area contributed by atoms with Crippen LogP contribution in [0, 0.1) is 5.92 Å². The number of hydrogen-bond donors (Lipinski definition) is 1. The van der Waals surface area contributed by atoms with Gasteiger partial charge in [0.15, 0.2) is 0 Å². The SMILES string of the molecule is O=C(Cc1ccc(Cl)cc1Cl)CC1CCNCC1. The van der Waals surface area contributed by atoms with E-state index in [9.17, 15) is 4.79 Å². The van der Waals surface area contributed by atoms with Crippen molar-refractivity contribution < 1.29 is 4.79 Å². The number of hydrogen-bond acceptors (Lipinski definition) is 2. The number of piperidine rings is 1. The zero-order valence-corrected chi connectivity index (χ0v) is 11.7. The smallest absolute Gasteiger partial charge is 0.137 e. The number of Topliss-reactive ketones (excluding diaryl/α,β-unsaturated/α-hetero) is 1. The van der Waals surface area contributed by atoms with E-state index in [0.29, 0.717) is 28.8 Å². The van der Waals surface area contributed by atoms with Crippen LogP contribution in [-0.4, -0.2) is 18.9 Å². The standard InChI is InChI=1S/C14H17Cl2NO/c15-12-2-1-11(14(16)9-12)8-13(18)7-10-3-5-17-6-4-10/h1-2,9-10,17H,3-8H2. The molecule has 0 spiro atoms. The van der Waals surface area contributed by atoms with E-state index in [1.165, 1.54) is 0 Å². The van der Waals surface area contributed by atoms with Gasteiger partial charge in [0, 0.05) is 22.9 Å². The fourth-order valence-electron chi connectivity index (χ4n) is 2.36. The fourth-order valence-corrected chi connectivity index (χ4v) is 2.83. The molecule has 98 valence electrons. The summed E-state index contributed by atoms with van der Waals surface area (Å²) in [5.74, 6) is 0.802. The lowest BCUT2D eigenvalue weighted by Gasteiger charge is -2.21. The number of halogens is 2. The zero-order valence-electron chi connectivity index (χ0n) is 10.2. The first-order chi connectivity index (χ1) is 8.65. The third-order valence-corrected chi connectivity index (χ3v) is 3.96. The first kappa shape index (κ1) is 13.9. The molecule has 4 heteroatoms. The number of carbonyl (C=O) groups is 1. The second-order valence-electron chi connectivity index (χ2n) is 4.85. The van der Waals surface area contributed by atoms with Gasteiger partial charge in [-0.3, -0.25) is 4.79 Å². The third kappa shape index (κ3) is 3.98. The maximum Gasteiger partial charge on any atom is 0.137 e. The van der Waals surface area contributed by atoms with Gasteiger partial charge >= 0.3 is 0 Å². The Morgan fingerprint density at radius 1 is 1.28 bits per heavy atom. The lowest BCUT2D eigenvalue weighted by molar-refractivity contribution is -0.119. The number of carbonyl (C=O) groups excluding carboxylic acids is 1. The van der Waals surface area contributed by atoms with Gasteiger partial charge in [0.05, 0.1) is 0 Å². The van der Waals surface area contributed by atoms with Crippen LogP contribution in [0.15, 0.2) is 18.2 Å². The molecule has 0 bridgehead atoms. The summed E-state index contributed by atoms with van der Waals surface area (Å²) in [4.78, 5) is 12.0. The fraction of sp³-hybridized carbons (Fsp3) is 0.500. The second-order valence-corrected chi connectivity index (χ2v) is 5.69. The molecule has 1 aromatic carbocycles. The van der Waals surface area contributed by atoms with Crippen molar-refractivity contribution in [3.63, 3.8) is 0 Å². The summed E-state index contributed by atoms with van der Waals surface area (Å²) in [6, 6.07) is 5.31. The number of ketones is 1. The first-order valence-electron chi connectivity index (χ1n) is 6.31. The molecule has 0 unspecified atom stereocenters. The minimum atomic E-state index is 0.270. The van der Waals surface area contributed by atoms with Gasteiger partial charge < -0.3 is 5.32 Å². The molecule has 1 heterocycles. The average molecular weight is 286 g/mol. The summed E-state index contributed by atoms with van der Waals surface area (Å²) >= 11 is 11.9. The summed E-state index contributed by atoms with van der Waals surface area (Å²) in [7, 11) is 0. The van der Waals surface area contributed by atoms with E-state index in [1.54, 1.807) is 12.1 Å². The molecule has 1 fully saturated rings. The van der Waals surface area contributed by atoms with Gasteiger partial charge in [0.2, 0.25) is 0 Å². The van der Waals surface area contributed by atoms with Crippen LogP contribution in [0.5, 0.6) is 0 Å². The normalized spacial score (nSPS) is 16.8. The Labute approximate surface area is 118 Å². The lowest BCUT2D eigenvalue weighted by atomic mass is 9.91. The first-order valence-corrected chi connectivity index (χ1v) is 7.07. The molecule has 0 aromatic heterocycles. The van der Waals surface area contributed by atoms with Crippen LogP contribution in [0.4, 0.5) is 0 Å². The van der Waals surface area contributed by atoms with Crippen LogP contribution in [0.2, 0.25) is 10.0 Å². The van der Waals surface area contributed by atoms with E-state index < -0.39 is 0 Å². The van der Waals surface area contributed by atoms with Gasteiger partial charge in [-0.1, -0.05) is 29.3 Å². The highest BCUT2D eigenvalue weighted by Crippen LogP contribution is 2.23. The van der Waals surface area contributed by atoms with Gasteiger partial charge in [-0.15, -0.1) is 0 Å². The predicted molar refractivity (Wildman–Crippen MR) is 75.4 cm³/mol. The Kier molecular flexibility index (Phi) is 5.04. The van der Waals surface area contributed by atoms with E-state index in [2.05, 4.69) is 5.32 Å². The third-order valence-electron chi connectivity index (χ3n) is 3.38. The molecule has 1 N–H and O–H groups in total. The Morgan fingerprint density at radius 3 is 2.67 bits per heavy atom. The van der Waals surface area contributed by atoms with Crippen molar-refractivity contribution in [2.24, 2.45) is 5.92 Å². The highest BCUT2D eigenvalue weighted by molar-refractivity contribution is 6.35. The van der Waals surface area contributed by atoms with Crippen LogP contribution >= 0.6 is 23.2 Å². The molecule has 1 saturated heterocycles. The van der Waals surface area contributed by atoms with Crippen molar-refractivity contribution in [1.29, 1.82) is 0 Å². The molecule has 18 heavy (non-hydrogen) atoms. The Hall–Kier alpha value is -0.570. The van der Waals surface area contributed by atoms with Gasteiger partial charge in [0.25, 0.3) is 0 Å². The summed E-state index contributed by atoms with van der Waals surface area (Å²) in [5.41, 5.74) is 0.875. The molecule has 0 atom stereocenters. The van der Waals surface area contributed by atoms with Crippen molar-refractivity contribution >= 4 is 29.0 Å². The van der Waals surface area contributed by atoms with E-state index in [-0.39, 0.29) is 5.78 Å². The predicted octanol–water partition coefficient (Wildman–Crippen LogP) is 3.49. The van der Waals surface area contributed by atoms with Crippen LogP contribution in [-0.2, 0) is 11.2 Å². The van der Waals surface area contributed by atoms with Crippen molar-refractivity contribution in [1.82, 2.24) is 5.32 Å². The summed E-state index contributed by atoms with van der Waals surface area (Å²) < 4.78 is 0. The Balaban J connectivity index is 1.90. The molecular formula is C14H17Cl2NO. The number of rotatable bonds is 4. The molecule has 0 aliphatic carbocycles. The number of nitrogens with one attached hydrogen (secondary N) is 1. The average Bonchev–Trinajstić information content (AvgIpc) is 2.34. The Bertz CT molecular complexity index is 428. The topological polar surface area (TPSA) is 29.1 Å². The maximum absolute atomic E-state index is 12.0. The van der Waals surface area contributed by atoms with Gasteiger partial charge in [-0.05, 0) is 49.5 Å². The molecule has 0 amide bonds. The van der Waals surface area contributed by atoms with Gasteiger partial charge in [-0.25, -0.2) is 0 Å². The molecule has 1 aliphatic heterocycles. The van der Waals surface area contributed by atoms with Crippen LogP contribution in [0.1, 0.15) is 24.8 Å². The minimum Gasteiger partial charge on any atom is -0.317 e. The Morgan fingerprint density at radius 2 is 2.00 bits per heavy atom. The molecule has 2 rings (SSSR count).